The van der Waals surface area contributed by atoms with Gasteiger partial charge in [0.15, 0.2) is 11.5 Å². The van der Waals surface area contributed by atoms with Gasteiger partial charge < -0.3 is 24.5 Å². The summed E-state index contributed by atoms with van der Waals surface area (Å²) in [6, 6.07) is 15.6. The molecule has 0 saturated heterocycles. The maximum absolute atomic E-state index is 14.7. The molecule has 9 heteroatoms. The van der Waals surface area contributed by atoms with Crippen LogP contribution in [-0.4, -0.2) is 44.2 Å². The van der Waals surface area contributed by atoms with Crippen molar-refractivity contribution in [2.75, 3.05) is 26.2 Å². The summed E-state index contributed by atoms with van der Waals surface area (Å²) < 4.78 is 31.3. The Morgan fingerprint density at radius 1 is 0.952 bits per heavy atom. The number of halogens is 1. The van der Waals surface area contributed by atoms with E-state index in [1.807, 2.05) is 24.3 Å². The van der Waals surface area contributed by atoms with E-state index in [4.69, 9.17) is 14.2 Å². The molecule has 5 rings (SSSR count). The number of hydrogen-bond donors (Lipinski definition) is 2. The fourth-order valence-electron chi connectivity index (χ4n) is 5.79. The number of anilines is 1. The van der Waals surface area contributed by atoms with Crippen molar-refractivity contribution < 1.29 is 28.2 Å². The zero-order valence-corrected chi connectivity index (χ0v) is 24.1. The molecule has 1 saturated carbocycles. The Balaban J connectivity index is 1.64. The van der Waals surface area contributed by atoms with Crippen molar-refractivity contribution in [1.29, 1.82) is 0 Å². The van der Waals surface area contributed by atoms with E-state index in [0.29, 0.717) is 22.8 Å². The minimum atomic E-state index is -1.15. The van der Waals surface area contributed by atoms with E-state index in [0.717, 1.165) is 48.6 Å². The maximum atomic E-state index is 14.7. The van der Waals surface area contributed by atoms with E-state index < -0.39 is 11.9 Å². The molecule has 42 heavy (non-hydrogen) atoms. The van der Waals surface area contributed by atoms with Gasteiger partial charge in [0.2, 0.25) is 17.6 Å². The Kier molecular flexibility index (Phi) is 8.95. The molecule has 1 aliphatic rings. The van der Waals surface area contributed by atoms with Gasteiger partial charge in [0.05, 0.1) is 27.8 Å². The van der Waals surface area contributed by atoms with Gasteiger partial charge in [-0.2, -0.15) is 0 Å². The second kappa shape index (κ2) is 13.0. The average molecular weight is 574 g/mol. The fraction of sp³-hybridized carbons (Fsp3) is 0.333. The minimum absolute atomic E-state index is 0.0157. The lowest BCUT2D eigenvalue weighted by atomic mass is 9.94. The van der Waals surface area contributed by atoms with E-state index in [2.05, 4.69) is 10.3 Å². The first-order chi connectivity index (χ1) is 20.4. The minimum Gasteiger partial charge on any atom is -0.493 e. The van der Waals surface area contributed by atoms with Crippen LogP contribution in [-0.2, 0) is 16.0 Å². The molecule has 2 N–H and O–H groups in total. The number of aromatic nitrogens is 1. The summed E-state index contributed by atoms with van der Waals surface area (Å²) in [5.74, 6) is -0.224. The van der Waals surface area contributed by atoms with E-state index in [9.17, 15) is 14.0 Å². The van der Waals surface area contributed by atoms with Crippen molar-refractivity contribution in [1.82, 2.24) is 10.3 Å². The van der Waals surface area contributed by atoms with Crippen LogP contribution in [0.1, 0.15) is 49.3 Å². The number of carbonyl (C=O) groups excluding carboxylic acids is 2. The standard InChI is InChI=1S/C33H36FN3O5/c1-40-28-16-21(17-29(41-2)32(28)42-3)31(33(39)36-24-11-5-4-6-12-24)37(25-13-9-10-23(34)19-25)30(38)18-22-20-35-27-15-8-7-14-26(22)27/h7-10,13-17,19-20,24,31,35H,4-6,11-12,18H2,1-3H3,(H,36,39). The molecule has 1 fully saturated rings. The lowest BCUT2D eigenvalue weighted by Gasteiger charge is -2.34. The molecule has 1 heterocycles. The largest absolute Gasteiger partial charge is 0.493 e. The third-order valence-electron chi connectivity index (χ3n) is 7.83. The molecule has 2 amide bonds. The summed E-state index contributed by atoms with van der Waals surface area (Å²) in [5, 5.41) is 4.09. The molecule has 0 aliphatic heterocycles. The summed E-state index contributed by atoms with van der Waals surface area (Å²) in [4.78, 5) is 33.2. The number of rotatable bonds is 10. The lowest BCUT2D eigenvalue weighted by Crippen LogP contribution is -2.47. The van der Waals surface area contributed by atoms with Crippen LogP contribution in [0.3, 0.4) is 0 Å². The highest BCUT2D eigenvalue weighted by Gasteiger charge is 2.36. The van der Waals surface area contributed by atoms with Gasteiger partial charge in [-0.25, -0.2) is 4.39 Å². The van der Waals surface area contributed by atoms with E-state index >= 15 is 0 Å². The van der Waals surface area contributed by atoms with Gasteiger partial charge in [0, 0.05) is 28.8 Å². The van der Waals surface area contributed by atoms with Crippen LogP contribution >= 0.6 is 0 Å². The predicted octanol–water partition coefficient (Wildman–Crippen LogP) is 6.10. The molecule has 4 aromatic rings. The summed E-state index contributed by atoms with van der Waals surface area (Å²) in [6.07, 6.45) is 6.66. The molecule has 1 aliphatic carbocycles. The molecule has 8 nitrogen and oxygen atoms in total. The van der Waals surface area contributed by atoms with Crippen LogP contribution in [0.5, 0.6) is 17.2 Å². The number of methoxy groups -OCH3 is 3. The van der Waals surface area contributed by atoms with E-state index in [1.165, 1.54) is 44.4 Å². The molecule has 220 valence electrons. The molecular weight excluding hydrogens is 537 g/mol. The van der Waals surface area contributed by atoms with Crippen LogP contribution in [0, 0.1) is 5.82 Å². The van der Waals surface area contributed by atoms with Gasteiger partial charge in [-0.15, -0.1) is 0 Å². The predicted molar refractivity (Wildman–Crippen MR) is 160 cm³/mol. The van der Waals surface area contributed by atoms with Crippen molar-refractivity contribution in [3.05, 3.63) is 83.8 Å². The number of aromatic amines is 1. The number of nitrogens with one attached hydrogen (secondary N) is 2. The lowest BCUT2D eigenvalue weighted by molar-refractivity contribution is -0.127. The topological polar surface area (TPSA) is 92.9 Å². The number of nitrogens with zero attached hydrogens (tertiary/aromatic N) is 1. The number of benzene rings is 3. The SMILES string of the molecule is COc1cc(C(C(=O)NC2CCCCC2)N(C(=O)Cc2c[nH]c3ccccc23)c2cccc(F)c2)cc(OC)c1OC. The summed E-state index contributed by atoms with van der Waals surface area (Å²) in [6.45, 7) is 0. The molecule has 1 aromatic heterocycles. The van der Waals surface area contributed by atoms with Gasteiger partial charge in [-0.3, -0.25) is 14.5 Å². The number of amides is 2. The summed E-state index contributed by atoms with van der Waals surface area (Å²) >= 11 is 0. The Hall–Kier alpha value is -4.53. The number of ether oxygens (including phenoxy) is 3. The van der Waals surface area contributed by atoms with E-state index in [1.54, 1.807) is 24.4 Å². The maximum Gasteiger partial charge on any atom is 0.248 e. The van der Waals surface area contributed by atoms with Gasteiger partial charge in [0.1, 0.15) is 11.9 Å². The van der Waals surface area contributed by atoms with Crippen LogP contribution in [0.15, 0.2) is 66.9 Å². The van der Waals surface area contributed by atoms with Crippen LogP contribution in [0.4, 0.5) is 10.1 Å². The number of hydrogen-bond acceptors (Lipinski definition) is 5. The first-order valence-corrected chi connectivity index (χ1v) is 14.2. The molecule has 0 radical (unpaired) electrons. The molecule has 1 atom stereocenters. The zero-order chi connectivity index (χ0) is 29.6. The number of fused-ring (bicyclic) bond motifs is 1. The Bertz CT molecular complexity index is 1540. The van der Waals surface area contributed by atoms with Crippen molar-refractivity contribution in [3.63, 3.8) is 0 Å². The monoisotopic (exact) mass is 573 g/mol. The first kappa shape index (κ1) is 29.0. The van der Waals surface area contributed by atoms with Crippen molar-refractivity contribution in [2.24, 2.45) is 0 Å². The second-order valence-corrected chi connectivity index (χ2v) is 10.5. The summed E-state index contributed by atoms with van der Waals surface area (Å²) in [5.41, 5.74) is 2.37. The molecule has 0 bridgehead atoms. The van der Waals surface area contributed by atoms with Crippen molar-refractivity contribution >= 4 is 28.4 Å². The number of para-hydroxylation sites is 1. The van der Waals surface area contributed by atoms with Crippen molar-refractivity contribution in [2.45, 2.75) is 50.6 Å². The molecule has 0 spiro atoms. The average Bonchev–Trinajstić information content (AvgIpc) is 3.41. The smallest absolute Gasteiger partial charge is 0.248 e. The third kappa shape index (κ3) is 6.05. The third-order valence-corrected chi connectivity index (χ3v) is 7.83. The second-order valence-electron chi connectivity index (χ2n) is 10.5. The normalized spacial score (nSPS) is 14.3. The summed E-state index contributed by atoms with van der Waals surface area (Å²) in [7, 11) is 4.48. The van der Waals surface area contributed by atoms with Crippen molar-refractivity contribution in [3.8, 4) is 17.2 Å². The van der Waals surface area contributed by atoms with E-state index in [-0.39, 0.29) is 30.0 Å². The van der Waals surface area contributed by atoms with Crippen LogP contribution < -0.4 is 24.4 Å². The van der Waals surface area contributed by atoms with Crippen LogP contribution in [0.25, 0.3) is 10.9 Å². The fourth-order valence-corrected chi connectivity index (χ4v) is 5.79. The number of H-pyrrole nitrogens is 1. The highest BCUT2D eigenvalue weighted by atomic mass is 19.1. The molecule has 3 aromatic carbocycles. The van der Waals surface area contributed by atoms with Gasteiger partial charge in [-0.1, -0.05) is 43.5 Å². The van der Waals surface area contributed by atoms with Crippen LogP contribution in [0.2, 0.25) is 0 Å². The van der Waals surface area contributed by atoms with Gasteiger partial charge >= 0.3 is 0 Å². The zero-order valence-electron chi connectivity index (χ0n) is 24.1. The molecule has 1 unspecified atom stereocenters. The highest BCUT2D eigenvalue weighted by Crippen LogP contribution is 2.42. The van der Waals surface area contributed by atoms with Gasteiger partial charge in [0.25, 0.3) is 0 Å². The Labute approximate surface area is 244 Å². The Morgan fingerprint density at radius 3 is 2.33 bits per heavy atom. The Morgan fingerprint density at radius 2 is 1.67 bits per heavy atom. The van der Waals surface area contributed by atoms with Gasteiger partial charge in [-0.05, 0) is 60.4 Å². The number of carbonyl (C=O) groups is 2. The highest BCUT2D eigenvalue weighted by molar-refractivity contribution is 6.03. The molecular formula is C33H36FN3O5. The first-order valence-electron chi connectivity index (χ1n) is 14.2. The quantitative estimate of drug-likeness (QED) is 0.239.